The van der Waals surface area contributed by atoms with E-state index in [1.165, 1.54) is 6.07 Å². The molecular formula is C14H11Cl2NO2. The number of amides is 1. The van der Waals surface area contributed by atoms with Crippen LogP contribution >= 0.6 is 23.2 Å². The quantitative estimate of drug-likeness (QED) is 0.908. The Kier molecular flexibility index (Phi) is 4.43. The van der Waals surface area contributed by atoms with E-state index in [0.717, 1.165) is 0 Å². The minimum atomic E-state index is -1.23. The van der Waals surface area contributed by atoms with Crippen LogP contribution in [0.15, 0.2) is 48.5 Å². The van der Waals surface area contributed by atoms with Gasteiger partial charge in [-0.15, -0.1) is 0 Å². The maximum absolute atomic E-state index is 11.9. The van der Waals surface area contributed by atoms with E-state index in [9.17, 15) is 9.90 Å². The van der Waals surface area contributed by atoms with Gasteiger partial charge in [0.1, 0.15) is 0 Å². The van der Waals surface area contributed by atoms with Crippen molar-refractivity contribution in [2.45, 2.75) is 6.10 Å². The summed E-state index contributed by atoms with van der Waals surface area (Å²) >= 11 is 11.6. The Balaban J connectivity index is 2.10. The standard InChI is InChI=1S/C14H11Cl2NO2/c15-11-7-6-10(8-12(11)16)17-14(19)13(18)9-4-2-1-3-5-9/h1-8,13,18H,(H,17,19). The first-order valence-electron chi connectivity index (χ1n) is 5.57. The van der Waals surface area contributed by atoms with E-state index >= 15 is 0 Å². The molecule has 2 N–H and O–H groups in total. The fraction of sp³-hybridized carbons (Fsp3) is 0.0714. The summed E-state index contributed by atoms with van der Waals surface area (Å²) in [7, 11) is 0. The zero-order chi connectivity index (χ0) is 13.8. The number of aliphatic hydroxyl groups excluding tert-OH is 1. The molecule has 0 saturated carbocycles. The van der Waals surface area contributed by atoms with Gasteiger partial charge in [0.25, 0.3) is 5.91 Å². The van der Waals surface area contributed by atoms with Gasteiger partial charge in [-0.3, -0.25) is 4.79 Å². The van der Waals surface area contributed by atoms with Crippen LogP contribution in [0.3, 0.4) is 0 Å². The minimum Gasteiger partial charge on any atom is -0.378 e. The van der Waals surface area contributed by atoms with Crippen molar-refractivity contribution in [2.75, 3.05) is 5.32 Å². The molecule has 0 aliphatic heterocycles. The van der Waals surface area contributed by atoms with Crippen molar-refractivity contribution >= 4 is 34.8 Å². The highest BCUT2D eigenvalue weighted by molar-refractivity contribution is 6.42. The van der Waals surface area contributed by atoms with Crippen LogP contribution in [0.2, 0.25) is 10.0 Å². The first-order chi connectivity index (χ1) is 9.08. The molecule has 0 heterocycles. The second kappa shape index (κ2) is 6.06. The van der Waals surface area contributed by atoms with Crippen molar-refractivity contribution in [3.05, 3.63) is 64.1 Å². The van der Waals surface area contributed by atoms with E-state index in [1.54, 1.807) is 36.4 Å². The maximum Gasteiger partial charge on any atom is 0.257 e. The van der Waals surface area contributed by atoms with Crippen molar-refractivity contribution in [2.24, 2.45) is 0 Å². The largest absolute Gasteiger partial charge is 0.378 e. The lowest BCUT2D eigenvalue weighted by molar-refractivity contribution is -0.124. The highest BCUT2D eigenvalue weighted by Crippen LogP contribution is 2.25. The molecule has 2 aromatic rings. The van der Waals surface area contributed by atoms with E-state index in [1.807, 2.05) is 6.07 Å². The summed E-state index contributed by atoms with van der Waals surface area (Å²) in [5, 5.41) is 13.2. The van der Waals surface area contributed by atoms with Crippen LogP contribution in [0.25, 0.3) is 0 Å². The third-order valence-electron chi connectivity index (χ3n) is 2.55. The van der Waals surface area contributed by atoms with Crippen molar-refractivity contribution in [3.8, 4) is 0 Å². The Morgan fingerprint density at radius 2 is 1.74 bits per heavy atom. The minimum absolute atomic E-state index is 0.341. The SMILES string of the molecule is O=C(Nc1ccc(Cl)c(Cl)c1)C(O)c1ccccc1. The lowest BCUT2D eigenvalue weighted by Crippen LogP contribution is -2.20. The maximum atomic E-state index is 11.9. The highest BCUT2D eigenvalue weighted by atomic mass is 35.5. The first kappa shape index (κ1) is 13.9. The van der Waals surface area contributed by atoms with E-state index in [0.29, 0.717) is 21.3 Å². The van der Waals surface area contributed by atoms with Crippen LogP contribution in [0.5, 0.6) is 0 Å². The van der Waals surface area contributed by atoms with E-state index in [4.69, 9.17) is 23.2 Å². The lowest BCUT2D eigenvalue weighted by atomic mass is 10.1. The van der Waals surface area contributed by atoms with Crippen LogP contribution < -0.4 is 5.32 Å². The number of hydrogen-bond acceptors (Lipinski definition) is 2. The number of aliphatic hydroxyl groups is 1. The topological polar surface area (TPSA) is 49.3 Å². The van der Waals surface area contributed by atoms with Gasteiger partial charge in [0.15, 0.2) is 6.10 Å². The normalized spacial score (nSPS) is 11.9. The molecule has 0 aliphatic carbocycles. The zero-order valence-electron chi connectivity index (χ0n) is 9.81. The van der Waals surface area contributed by atoms with Gasteiger partial charge in [-0.25, -0.2) is 0 Å². The Bertz CT molecular complexity index is 587. The number of halogens is 2. The molecule has 1 atom stereocenters. The number of carbonyl (C=O) groups is 1. The van der Waals surface area contributed by atoms with Crippen LogP contribution in [0, 0.1) is 0 Å². The molecule has 3 nitrogen and oxygen atoms in total. The van der Waals surface area contributed by atoms with Crippen molar-refractivity contribution in [3.63, 3.8) is 0 Å². The number of anilines is 1. The molecular weight excluding hydrogens is 285 g/mol. The summed E-state index contributed by atoms with van der Waals surface area (Å²) in [6, 6.07) is 13.4. The summed E-state index contributed by atoms with van der Waals surface area (Å²) in [5.74, 6) is -0.524. The molecule has 19 heavy (non-hydrogen) atoms. The molecule has 0 saturated heterocycles. The highest BCUT2D eigenvalue weighted by Gasteiger charge is 2.17. The number of benzene rings is 2. The molecule has 2 aromatic carbocycles. The summed E-state index contributed by atoms with van der Waals surface area (Å²) < 4.78 is 0. The predicted molar refractivity (Wildman–Crippen MR) is 76.5 cm³/mol. The fourth-order valence-corrected chi connectivity index (χ4v) is 1.87. The third-order valence-corrected chi connectivity index (χ3v) is 3.29. The summed E-state index contributed by atoms with van der Waals surface area (Å²) in [6.45, 7) is 0. The monoisotopic (exact) mass is 295 g/mol. The first-order valence-corrected chi connectivity index (χ1v) is 6.32. The van der Waals surface area contributed by atoms with Crippen molar-refractivity contribution < 1.29 is 9.90 Å². The zero-order valence-corrected chi connectivity index (χ0v) is 11.3. The second-order valence-electron chi connectivity index (χ2n) is 3.93. The molecule has 0 fully saturated rings. The Morgan fingerprint density at radius 3 is 2.37 bits per heavy atom. The number of hydrogen-bond donors (Lipinski definition) is 2. The average molecular weight is 296 g/mol. The Hall–Kier alpha value is -1.55. The van der Waals surface area contributed by atoms with Crippen molar-refractivity contribution in [1.82, 2.24) is 0 Å². The van der Waals surface area contributed by atoms with Gasteiger partial charge in [-0.2, -0.15) is 0 Å². The van der Waals surface area contributed by atoms with Gasteiger partial charge in [0, 0.05) is 5.69 Å². The van der Waals surface area contributed by atoms with Crippen LogP contribution in [-0.4, -0.2) is 11.0 Å². The number of rotatable bonds is 3. The fourth-order valence-electron chi connectivity index (χ4n) is 1.57. The van der Waals surface area contributed by atoms with Crippen LogP contribution in [-0.2, 0) is 4.79 Å². The molecule has 1 unspecified atom stereocenters. The van der Waals surface area contributed by atoms with Crippen LogP contribution in [0.1, 0.15) is 11.7 Å². The molecule has 0 bridgehead atoms. The van der Waals surface area contributed by atoms with Crippen LogP contribution in [0.4, 0.5) is 5.69 Å². The van der Waals surface area contributed by atoms with Gasteiger partial charge >= 0.3 is 0 Å². The third kappa shape index (κ3) is 3.47. The molecule has 1 amide bonds. The average Bonchev–Trinajstić information content (AvgIpc) is 2.43. The molecule has 0 aromatic heterocycles. The Labute approximate surface area is 120 Å². The molecule has 98 valence electrons. The number of nitrogens with one attached hydrogen (secondary N) is 1. The van der Waals surface area contributed by atoms with Gasteiger partial charge in [-0.05, 0) is 23.8 Å². The molecule has 5 heteroatoms. The summed E-state index contributed by atoms with van der Waals surface area (Å²) in [5.41, 5.74) is 1.01. The molecule has 0 radical (unpaired) electrons. The molecule has 2 rings (SSSR count). The number of carbonyl (C=O) groups excluding carboxylic acids is 1. The van der Waals surface area contributed by atoms with Crippen molar-refractivity contribution in [1.29, 1.82) is 0 Å². The second-order valence-corrected chi connectivity index (χ2v) is 4.75. The van der Waals surface area contributed by atoms with E-state index in [-0.39, 0.29) is 0 Å². The van der Waals surface area contributed by atoms with Gasteiger partial charge in [-0.1, -0.05) is 53.5 Å². The molecule has 0 aliphatic rings. The van der Waals surface area contributed by atoms with E-state index < -0.39 is 12.0 Å². The van der Waals surface area contributed by atoms with Gasteiger partial charge in [0.05, 0.1) is 10.0 Å². The van der Waals surface area contributed by atoms with Gasteiger partial charge < -0.3 is 10.4 Å². The summed E-state index contributed by atoms with van der Waals surface area (Å²) in [4.78, 5) is 11.9. The predicted octanol–water partition coefficient (Wildman–Crippen LogP) is 3.67. The lowest BCUT2D eigenvalue weighted by Gasteiger charge is -2.12. The molecule has 0 spiro atoms. The van der Waals surface area contributed by atoms with Gasteiger partial charge in [0.2, 0.25) is 0 Å². The van der Waals surface area contributed by atoms with E-state index in [2.05, 4.69) is 5.32 Å². The Morgan fingerprint density at radius 1 is 1.05 bits per heavy atom. The smallest absolute Gasteiger partial charge is 0.257 e. The summed E-state index contributed by atoms with van der Waals surface area (Å²) in [6.07, 6.45) is -1.23.